The molecule has 0 radical (unpaired) electrons. The number of thiophene rings is 1. The minimum atomic E-state index is -0.609. The third kappa shape index (κ3) is 3.25. The number of methoxy groups -OCH3 is 1. The van der Waals surface area contributed by atoms with Gasteiger partial charge >= 0.3 is 11.7 Å². The summed E-state index contributed by atoms with van der Waals surface area (Å²) in [6.45, 7) is 3.92. The number of nitrogens with zero attached hydrogens (tertiary/aromatic N) is 1. The number of carbonyl (C=O) groups excluding carboxylic acids is 1. The van der Waals surface area contributed by atoms with E-state index in [0.717, 1.165) is 16.9 Å². The van der Waals surface area contributed by atoms with Crippen LogP contribution in [0.5, 0.6) is 11.5 Å². The van der Waals surface area contributed by atoms with Crippen molar-refractivity contribution >= 4 is 23.0 Å². The van der Waals surface area contributed by atoms with Crippen LogP contribution in [0.4, 0.5) is 5.69 Å². The molecule has 0 spiro atoms. The van der Waals surface area contributed by atoms with E-state index in [4.69, 9.17) is 9.47 Å². The molecule has 0 saturated heterocycles. The molecular weight excluding hydrogens is 306 g/mol. The molecule has 0 bridgehead atoms. The lowest BCUT2D eigenvalue weighted by molar-refractivity contribution is -0.385. The molecule has 2 rings (SSSR count). The smallest absolute Gasteiger partial charge is 0.353 e. The molecule has 0 N–H and O–H groups in total. The van der Waals surface area contributed by atoms with Crippen molar-refractivity contribution in [3.8, 4) is 11.5 Å². The number of ether oxygens (including phenoxy) is 2. The molecule has 22 heavy (non-hydrogen) atoms. The fraction of sp³-hybridized carbons (Fsp3) is 0.267. The predicted molar refractivity (Wildman–Crippen MR) is 83.0 cm³/mol. The van der Waals surface area contributed by atoms with Gasteiger partial charge in [-0.05, 0) is 37.1 Å². The molecule has 0 saturated carbocycles. The van der Waals surface area contributed by atoms with Crippen molar-refractivity contribution in [3.05, 3.63) is 49.7 Å². The molecule has 6 nitrogen and oxygen atoms in total. The van der Waals surface area contributed by atoms with E-state index in [1.807, 2.05) is 13.8 Å². The van der Waals surface area contributed by atoms with Gasteiger partial charge in [-0.3, -0.25) is 10.1 Å². The van der Waals surface area contributed by atoms with E-state index in [-0.39, 0.29) is 11.4 Å². The zero-order chi connectivity index (χ0) is 16.3. The highest BCUT2D eigenvalue weighted by molar-refractivity contribution is 7.14. The topological polar surface area (TPSA) is 78.7 Å². The highest BCUT2D eigenvalue weighted by Gasteiger charge is 2.21. The highest BCUT2D eigenvalue weighted by atomic mass is 32.1. The third-order valence-corrected chi connectivity index (χ3v) is 4.47. The molecule has 0 aliphatic carbocycles. The average Bonchev–Trinajstić information content (AvgIpc) is 2.88. The van der Waals surface area contributed by atoms with Crippen LogP contribution < -0.4 is 9.47 Å². The maximum Gasteiger partial charge on any atom is 0.353 e. The lowest BCUT2D eigenvalue weighted by Crippen LogP contribution is -2.08. The van der Waals surface area contributed by atoms with E-state index in [0.29, 0.717) is 10.6 Å². The Hall–Kier alpha value is -2.41. The van der Waals surface area contributed by atoms with Crippen LogP contribution in [0.2, 0.25) is 0 Å². The first-order chi connectivity index (χ1) is 10.5. The van der Waals surface area contributed by atoms with Crippen molar-refractivity contribution in [1.82, 2.24) is 0 Å². The minimum absolute atomic E-state index is 0.0973. The number of esters is 1. The Morgan fingerprint density at radius 2 is 2.09 bits per heavy atom. The van der Waals surface area contributed by atoms with Gasteiger partial charge in [-0.2, -0.15) is 0 Å². The largest absolute Gasteiger partial charge is 0.496 e. The number of rotatable bonds is 5. The number of nitro benzene ring substituents is 1. The molecule has 0 aliphatic rings. The van der Waals surface area contributed by atoms with Gasteiger partial charge in [0.15, 0.2) is 0 Å². The molecule has 1 aromatic heterocycles. The molecular formula is C15H15NO5S. The van der Waals surface area contributed by atoms with Crippen LogP contribution in [-0.2, 0) is 6.42 Å². The van der Waals surface area contributed by atoms with Crippen LogP contribution in [0.25, 0.3) is 0 Å². The standard InChI is InChI=1S/C15H15NO5S/c1-4-13-9(2)7-14(22-13)15(17)21-12-6-5-10(20-3)8-11(12)16(18)19/h5-8H,4H2,1-3H3. The Labute approximate surface area is 131 Å². The fourth-order valence-corrected chi connectivity index (χ4v) is 2.97. The van der Waals surface area contributed by atoms with Crippen molar-refractivity contribution in [2.75, 3.05) is 7.11 Å². The fourth-order valence-electron chi connectivity index (χ4n) is 1.97. The van der Waals surface area contributed by atoms with E-state index < -0.39 is 10.9 Å². The van der Waals surface area contributed by atoms with Crippen LogP contribution in [-0.4, -0.2) is 18.0 Å². The molecule has 0 amide bonds. The molecule has 2 aromatic rings. The van der Waals surface area contributed by atoms with E-state index in [9.17, 15) is 14.9 Å². The van der Waals surface area contributed by atoms with Gasteiger partial charge in [-0.25, -0.2) is 4.79 Å². The summed E-state index contributed by atoms with van der Waals surface area (Å²) in [7, 11) is 1.41. The molecule has 0 atom stereocenters. The molecule has 116 valence electrons. The predicted octanol–water partition coefficient (Wildman–Crippen LogP) is 3.75. The van der Waals surface area contributed by atoms with Crippen molar-refractivity contribution in [2.24, 2.45) is 0 Å². The summed E-state index contributed by atoms with van der Waals surface area (Å²) in [6.07, 6.45) is 0.826. The normalized spacial score (nSPS) is 10.3. The Bertz CT molecular complexity index is 723. The van der Waals surface area contributed by atoms with Crippen LogP contribution in [0.15, 0.2) is 24.3 Å². The van der Waals surface area contributed by atoms with E-state index in [1.54, 1.807) is 6.07 Å². The molecule has 0 unspecified atom stereocenters. The maximum atomic E-state index is 12.2. The van der Waals surface area contributed by atoms with Crippen LogP contribution >= 0.6 is 11.3 Å². The second kappa shape index (κ2) is 6.57. The molecule has 1 heterocycles. The van der Waals surface area contributed by atoms with Gasteiger partial charge in [0.1, 0.15) is 10.6 Å². The van der Waals surface area contributed by atoms with E-state index >= 15 is 0 Å². The monoisotopic (exact) mass is 321 g/mol. The van der Waals surface area contributed by atoms with Gasteiger partial charge in [-0.1, -0.05) is 6.92 Å². The first-order valence-electron chi connectivity index (χ1n) is 6.60. The lowest BCUT2D eigenvalue weighted by Gasteiger charge is -2.05. The second-order valence-electron chi connectivity index (χ2n) is 4.55. The number of hydrogen-bond donors (Lipinski definition) is 0. The number of benzene rings is 1. The number of hydrogen-bond acceptors (Lipinski definition) is 6. The Balaban J connectivity index is 2.29. The van der Waals surface area contributed by atoms with Gasteiger partial charge in [0.05, 0.1) is 18.1 Å². The van der Waals surface area contributed by atoms with Gasteiger partial charge in [0, 0.05) is 4.88 Å². The molecule has 0 fully saturated rings. The van der Waals surface area contributed by atoms with Crippen molar-refractivity contribution in [2.45, 2.75) is 20.3 Å². The molecule has 0 aliphatic heterocycles. The SMILES string of the molecule is CCc1sc(C(=O)Oc2ccc(OC)cc2[N+](=O)[O-])cc1C. The average molecular weight is 321 g/mol. The summed E-state index contributed by atoms with van der Waals surface area (Å²) in [6, 6.07) is 5.82. The summed E-state index contributed by atoms with van der Waals surface area (Å²) in [4.78, 5) is 24.1. The van der Waals surface area contributed by atoms with Crippen molar-refractivity contribution < 1.29 is 19.2 Å². The number of nitro groups is 1. The second-order valence-corrected chi connectivity index (χ2v) is 5.69. The zero-order valence-corrected chi connectivity index (χ0v) is 13.2. The number of carbonyl (C=O) groups is 1. The molecule has 1 aromatic carbocycles. The van der Waals surface area contributed by atoms with Gasteiger partial charge in [0.25, 0.3) is 0 Å². The van der Waals surface area contributed by atoms with Crippen molar-refractivity contribution in [1.29, 1.82) is 0 Å². The van der Waals surface area contributed by atoms with Crippen molar-refractivity contribution in [3.63, 3.8) is 0 Å². The Kier molecular flexibility index (Phi) is 4.77. The summed E-state index contributed by atoms with van der Waals surface area (Å²) in [5, 5.41) is 11.1. The van der Waals surface area contributed by atoms with Gasteiger partial charge in [0.2, 0.25) is 5.75 Å². The first kappa shape index (κ1) is 16.0. The lowest BCUT2D eigenvalue weighted by atomic mass is 10.2. The Morgan fingerprint density at radius 1 is 1.36 bits per heavy atom. The van der Waals surface area contributed by atoms with E-state index in [2.05, 4.69) is 0 Å². The van der Waals surface area contributed by atoms with Crippen LogP contribution in [0.3, 0.4) is 0 Å². The van der Waals surface area contributed by atoms with Crippen LogP contribution in [0.1, 0.15) is 27.0 Å². The Morgan fingerprint density at radius 3 is 2.64 bits per heavy atom. The van der Waals surface area contributed by atoms with Crippen LogP contribution in [0, 0.1) is 17.0 Å². The van der Waals surface area contributed by atoms with Gasteiger partial charge < -0.3 is 9.47 Å². The summed E-state index contributed by atoms with van der Waals surface area (Å²) in [5.74, 6) is -0.368. The highest BCUT2D eigenvalue weighted by Crippen LogP contribution is 2.32. The minimum Gasteiger partial charge on any atom is -0.496 e. The third-order valence-electron chi connectivity index (χ3n) is 3.11. The number of aryl methyl sites for hydroxylation is 2. The zero-order valence-electron chi connectivity index (χ0n) is 12.4. The first-order valence-corrected chi connectivity index (χ1v) is 7.41. The van der Waals surface area contributed by atoms with E-state index in [1.165, 1.54) is 36.6 Å². The quantitative estimate of drug-likeness (QED) is 0.363. The maximum absolute atomic E-state index is 12.2. The molecule has 7 heteroatoms. The summed E-state index contributed by atoms with van der Waals surface area (Å²) >= 11 is 1.34. The summed E-state index contributed by atoms with van der Waals surface area (Å²) < 4.78 is 10.1. The summed E-state index contributed by atoms with van der Waals surface area (Å²) in [5.41, 5.74) is 0.709. The van der Waals surface area contributed by atoms with Gasteiger partial charge in [-0.15, -0.1) is 11.3 Å².